The summed E-state index contributed by atoms with van der Waals surface area (Å²) in [7, 11) is -2.77. The van der Waals surface area contributed by atoms with Gasteiger partial charge in [-0.25, -0.2) is 8.42 Å². The molecule has 0 N–H and O–H groups in total. The second-order valence-corrected chi connectivity index (χ2v) is 5.80. The first kappa shape index (κ1) is 10.3. The van der Waals surface area contributed by atoms with Gasteiger partial charge >= 0.3 is 0 Å². The van der Waals surface area contributed by atoms with Crippen molar-refractivity contribution in [1.82, 2.24) is 4.90 Å². The van der Waals surface area contributed by atoms with E-state index in [1.807, 2.05) is 6.92 Å². The lowest BCUT2D eigenvalue weighted by Gasteiger charge is -2.32. The average Bonchev–Trinajstić information content (AvgIpc) is 1.94. The van der Waals surface area contributed by atoms with Crippen LogP contribution in [-0.2, 0) is 9.84 Å². The van der Waals surface area contributed by atoms with Crippen LogP contribution in [0.15, 0.2) is 0 Å². The van der Waals surface area contributed by atoms with Crippen LogP contribution >= 0.6 is 11.6 Å². The van der Waals surface area contributed by atoms with Gasteiger partial charge in [-0.15, -0.1) is 11.6 Å². The maximum atomic E-state index is 11.2. The van der Waals surface area contributed by atoms with E-state index >= 15 is 0 Å². The Morgan fingerprint density at radius 1 is 1.58 bits per heavy atom. The molecule has 0 aromatic rings. The van der Waals surface area contributed by atoms with E-state index in [0.29, 0.717) is 12.4 Å². The summed E-state index contributed by atoms with van der Waals surface area (Å²) in [5.41, 5.74) is 0. The minimum absolute atomic E-state index is 0.127. The van der Waals surface area contributed by atoms with Gasteiger partial charge in [0.25, 0.3) is 0 Å². The van der Waals surface area contributed by atoms with Gasteiger partial charge in [-0.1, -0.05) is 0 Å². The predicted octanol–water partition coefficient (Wildman–Crippen LogP) is 0.344. The summed E-state index contributed by atoms with van der Waals surface area (Å²) in [5.74, 6) is 1.14. The third-order valence-electron chi connectivity index (χ3n) is 2.18. The summed E-state index contributed by atoms with van der Waals surface area (Å²) in [6.45, 7) is 3.36. The fourth-order valence-electron chi connectivity index (χ4n) is 1.47. The summed E-state index contributed by atoms with van der Waals surface area (Å²) >= 11 is 5.58. The standard InChI is InChI=1S/C7H14ClNO2S/c1-7-6-12(10,11)5-4-9(7)3-2-8/h7H,2-6H2,1H3. The molecular weight excluding hydrogens is 198 g/mol. The second-order valence-electron chi connectivity index (χ2n) is 3.19. The third-order valence-corrected chi connectivity index (χ3v) is 4.14. The number of nitrogens with zero attached hydrogens (tertiary/aromatic N) is 1. The molecule has 1 fully saturated rings. The zero-order valence-electron chi connectivity index (χ0n) is 7.16. The Morgan fingerprint density at radius 2 is 2.25 bits per heavy atom. The molecule has 0 bridgehead atoms. The van der Waals surface area contributed by atoms with Crippen molar-refractivity contribution < 1.29 is 8.42 Å². The molecule has 0 spiro atoms. The minimum atomic E-state index is -2.77. The van der Waals surface area contributed by atoms with E-state index in [0.717, 1.165) is 6.54 Å². The Bertz CT molecular complexity index is 240. The molecule has 0 amide bonds. The van der Waals surface area contributed by atoms with E-state index in [1.54, 1.807) is 0 Å². The Kier molecular flexibility index (Phi) is 3.37. The van der Waals surface area contributed by atoms with Crippen LogP contribution in [0.25, 0.3) is 0 Å². The van der Waals surface area contributed by atoms with Gasteiger partial charge in [0.1, 0.15) is 0 Å². The highest BCUT2D eigenvalue weighted by Gasteiger charge is 2.27. The fraction of sp³-hybridized carbons (Fsp3) is 1.00. The topological polar surface area (TPSA) is 37.4 Å². The van der Waals surface area contributed by atoms with E-state index < -0.39 is 9.84 Å². The number of alkyl halides is 1. The summed E-state index contributed by atoms with van der Waals surface area (Å²) in [4.78, 5) is 2.12. The van der Waals surface area contributed by atoms with Crippen molar-refractivity contribution in [2.75, 3.05) is 30.5 Å². The number of hydrogen-bond donors (Lipinski definition) is 0. The molecular formula is C7H14ClNO2S. The van der Waals surface area contributed by atoms with Crippen LogP contribution in [0.4, 0.5) is 0 Å². The van der Waals surface area contributed by atoms with E-state index in [2.05, 4.69) is 4.90 Å². The van der Waals surface area contributed by atoms with E-state index in [1.165, 1.54) is 0 Å². The lowest BCUT2D eigenvalue weighted by Crippen LogP contribution is -2.47. The molecule has 1 atom stereocenters. The highest BCUT2D eigenvalue weighted by molar-refractivity contribution is 7.91. The average molecular weight is 212 g/mol. The highest BCUT2D eigenvalue weighted by atomic mass is 35.5. The predicted molar refractivity (Wildman–Crippen MR) is 50.4 cm³/mol. The van der Waals surface area contributed by atoms with E-state index in [4.69, 9.17) is 11.6 Å². The van der Waals surface area contributed by atoms with Crippen LogP contribution in [0.2, 0.25) is 0 Å². The van der Waals surface area contributed by atoms with Crippen LogP contribution in [0, 0.1) is 0 Å². The van der Waals surface area contributed by atoms with Crippen molar-refractivity contribution in [3.05, 3.63) is 0 Å². The Morgan fingerprint density at radius 3 is 2.75 bits per heavy atom. The monoisotopic (exact) mass is 211 g/mol. The van der Waals surface area contributed by atoms with E-state index in [9.17, 15) is 8.42 Å². The molecule has 3 nitrogen and oxygen atoms in total. The van der Waals surface area contributed by atoms with Crippen LogP contribution in [-0.4, -0.2) is 49.8 Å². The maximum Gasteiger partial charge on any atom is 0.153 e. The Labute approximate surface area is 78.6 Å². The molecule has 1 aliphatic heterocycles. The summed E-state index contributed by atoms with van der Waals surface area (Å²) < 4.78 is 22.3. The van der Waals surface area contributed by atoms with Crippen LogP contribution in [0.3, 0.4) is 0 Å². The first-order valence-electron chi connectivity index (χ1n) is 4.05. The molecule has 0 aromatic heterocycles. The first-order valence-corrected chi connectivity index (χ1v) is 6.41. The molecule has 1 aliphatic rings. The molecule has 0 aliphatic carbocycles. The zero-order valence-corrected chi connectivity index (χ0v) is 8.74. The molecule has 0 aromatic carbocycles. The molecule has 12 heavy (non-hydrogen) atoms. The highest BCUT2D eigenvalue weighted by Crippen LogP contribution is 2.10. The fourth-order valence-corrected chi connectivity index (χ4v) is 3.32. The minimum Gasteiger partial charge on any atom is -0.297 e. The number of rotatable bonds is 2. The largest absolute Gasteiger partial charge is 0.297 e. The van der Waals surface area contributed by atoms with Gasteiger partial charge in [0.05, 0.1) is 11.5 Å². The van der Waals surface area contributed by atoms with Gasteiger partial charge in [-0.05, 0) is 6.92 Å². The Balaban J connectivity index is 2.54. The third kappa shape index (κ3) is 2.61. The van der Waals surface area contributed by atoms with Crippen molar-refractivity contribution in [3.63, 3.8) is 0 Å². The zero-order chi connectivity index (χ0) is 9.19. The van der Waals surface area contributed by atoms with Crippen LogP contribution in [0.5, 0.6) is 0 Å². The normalized spacial score (nSPS) is 30.3. The van der Waals surface area contributed by atoms with Crippen molar-refractivity contribution in [1.29, 1.82) is 0 Å². The smallest absolute Gasteiger partial charge is 0.153 e. The van der Waals surface area contributed by atoms with Gasteiger partial charge in [-0.3, -0.25) is 4.90 Å². The van der Waals surface area contributed by atoms with Gasteiger partial charge in [0.2, 0.25) is 0 Å². The van der Waals surface area contributed by atoms with Crippen molar-refractivity contribution in [3.8, 4) is 0 Å². The van der Waals surface area contributed by atoms with Gasteiger partial charge in [-0.2, -0.15) is 0 Å². The lowest BCUT2D eigenvalue weighted by molar-refractivity contribution is 0.240. The molecule has 1 saturated heterocycles. The molecule has 1 unspecified atom stereocenters. The van der Waals surface area contributed by atoms with E-state index in [-0.39, 0.29) is 17.5 Å². The van der Waals surface area contributed by atoms with Gasteiger partial charge in [0, 0.05) is 25.0 Å². The second kappa shape index (κ2) is 3.94. The summed E-state index contributed by atoms with van der Waals surface area (Å²) in [6, 6.07) is 0.127. The van der Waals surface area contributed by atoms with Crippen molar-refractivity contribution in [2.24, 2.45) is 0 Å². The SMILES string of the molecule is CC1CS(=O)(=O)CCN1CCCl. The summed E-state index contributed by atoms with van der Waals surface area (Å²) in [5, 5.41) is 0. The van der Waals surface area contributed by atoms with Gasteiger partial charge in [0.15, 0.2) is 9.84 Å². The molecule has 5 heteroatoms. The molecule has 1 heterocycles. The lowest BCUT2D eigenvalue weighted by atomic mass is 10.3. The number of sulfone groups is 1. The van der Waals surface area contributed by atoms with Gasteiger partial charge < -0.3 is 0 Å². The molecule has 0 radical (unpaired) electrons. The molecule has 1 rings (SSSR count). The summed E-state index contributed by atoms with van der Waals surface area (Å²) in [6.07, 6.45) is 0. The molecule has 72 valence electrons. The van der Waals surface area contributed by atoms with Crippen LogP contribution in [0.1, 0.15) is 6.92 Å². The van der Waals surface area contributed by atoms with Crippen LogP contribution < -0.4 is 0 Å². The van der Waals surface area contributed by atoms with Crippen molar-refractivity contribution >= 4 is 21.4 Å². The number of hydrogen-bond acceptors (Lipinski definition) is 3. The van der Waals surface area contributed by atoms with Crippen molar-refractivity contribution in [2.45, 2.75) is 13.0 Å². The Hall–Kier alpha value is 0.200. The maximum absolute atomic E-state index is 11.2. The first-order chi connectivity index (χ1) is 5.55. The number of halogens is 1. The quantitative estimate of drug-likeness (QED) is 0.619. The molecule has 0 saturated carbocycles.